The lowest BCUT2D eigenvalue weighted by molar-refractivity contribution is 0.0979. The number of carbonyl (C=O) groups is 3. The highest BCUT2D eigenvalue weighted by molar-refractivity contribution is 6.34. The van der Waals surface area contributed by atoms with E-state index >= 15 is 0 Å². The van der Waals surface area contributed by atoms with Gasteiger partial charge >= 0.3 is 0 Å². The molecule has 5 aromatic rings. The van der Waals surface area contributed by atoms with Crippen LogP contribution in [0.1, 0.15) is 47.8 Å². The molecule has 0 bridgehead atoms. The van der Waals surface area contributed by atoms with Crippen LogP contribution in [0.5, 0.6) is 0 Å². The van der Waals surface area contributed by atoms with E-state index in [0.29, 0.717) is 16.5 Å². The van der Waals surface area contributed by atoms with Crippen LogP contribution in [0, 0.1) is 6.92 Å². The molecular formula is C29H18N2O4. The molecule has 1 aliphatic carbocycles. The molecule has 0 fully saturated rings. The molecule has 35 heavy (non-hydrogen) atoms. The highest BCUT2D eigenvalue weighted by Crippen LogP contribution is 2.36. The smallest absolute Gasteiger partial charge is 0.255 e. The Bertz CT molecular complexity index is 1810. The zero-order chi connectivity index (χ0) is 24.3. The molecule has 1 aliphatic rings. The summed E-state index contributed by atoms with van der Waals surface area (Å²) in [5, 5.41) is 3.47. The standard InChI is InChI=1S/C29H18N2O4/c1-15-7-6-8-16(13-15)29(35)31-22-14-20-25(30-21-12-5-4-11-19(21)26(20)32)24-23(22)27(33)17-9-2-3-10-18(17)28(24)34/h2-14H,1H3,(H,30,32)(H,31,35). The third-order valence-electron chi connectivity index (χ3n) is 6.40. The fourth-order valence-electron chi connectivity index (χ4n) is 4.75. The Hall–Kier alpha value is -4.84. The summed E-state index contributed by atoms with van der Waals surface area (Å²) in [4.78, 5) is 57.1. The van der Waals surface area contributed by atoms with Gasteiger partial charge < -0.3 is 10.3 Å². The third kappa shape index (κ3) is 3.11. The molecule has 1 aromatic heterocycles. The number of aryl methyl sites for hydroxylation is 1. The lowest BCUT2D eigenvalue weighted by Crippen LogP contribution is -2.25. The van der Waals surface area contributed by atoms with Crippen LogP contribution in [-0.2, 0) is 0 Å². The Morgan fingerprint density at radius 1 is 0.743 bits per heavy atom. The summed E-state index contributed by atoms with van der Waals surface area (Å²) in [6.45, 7) is 1.87. The van der Waals surface area contributed by atoms with Crippen molar-refractivity contribution in [3.8, 4) is 0 Å². The van der Waals surface area contributed by atoms with Crippen LogP contribution in [-0.4, -0.2) is 22.5 Å². The van der Waals surface area contributed by atoms with Crippen molar-refractivity contribution >= 4 is 45.0 Å². The molecule has 6 heteroatoms. The van der Waals surface area contributed by atoms with Crippen LogP contribution < -0.4 is 10.7 Å². The van der Waals surface area contributed by atoms with Gasteiger partial charge in [-0.05, 0) is 37.3 Å². The number of nitrogens with one attached hydrogen (secondary N) is 2. The summed E-state index contributed by atoms with van der Waals surface area (Å²) in [6, 6.07) is 22.1. The first-order chi connectivity index (χ1) is 16.9. The lowest BCUT2D eigenvalue weighted by Gasteiger charge is -2.22. The van der Waals surface area contributed by atoms with Crippen LogP contribution in [0.4, 0.5) is 5.69 Å². The minimum Gasteiger partial charge on any atom is -0.354 e. The van der Waals surface area contributed by atoms with Crippen LogP contribution in [0.2, 0.25) is 0 Å². The molecule has 168 valence electrons. The zero-order valence-corrected chi connectivity index (χ0v) is 18.6. The zero-order valence-electron chi connectivity index (χ0n) is 18.6. The van der Waals surface area contributed by atoms with E-state index in [-0.39, 0.29) is 55.8 Å². The largest absolute Gasteiger partial charge is 0.354 e. The summed E-state index contributed by atoms with van der Waals surface area (Å²) >= 11 is 0. The first-order valence-electron chi connectivity index (χ1n) is 11.1. The van der Waals surface area contributed by atoms with Gasteiger partial charge in [0.1, 0.15) is 0 Å². The number of benzene rings is 4. The number of rotatable bonds is 2. The Balaban J connectivity index is 1.67. The van der Waals surface area contributed by atoms with Gasteiger partial charge in [-0.1, -0.05) is 54.1 Å². The molecule has 0 atom stereocenters. The molecule has 2 N–H and O–H groups in total. The van der Waals surface area contributed by atoms with E-state index in [1.165, 1.54) is 6.07 Å². The molecule has 0 spiro atoms. The third-order valence-corrected chi connectivity index (χ3v) is 6.40. The second-order valence-electron chi connectivity index (χ2n) is 8.62. The van der Waals surface area contributed by atoms with Gasteiger partial charge in [0.25, 0.3) is 5.91 Å². The number of ketones is 2. The number of anilines is 1. The number of pyridine rings is 1. The SMILES string of the molecule is Cc1cccc(C(=O)Nc2cc3c(=O)c4ccccc4[nH]c3c3c2C(=O)c2ccccc2C3=O)c1. The van der Waals surface area contributed by atoms with Gasteiger partial charge in [0.05, 0.1) is 22.3 Å². The molecule has 4 aromatic carbocycles. The molecule has 1 amide bonds. The van der Waals surface area contributed by atoms with Crippen molar-refractivity contribution in [3.63, 3.8) is 0 Å². The normalized spacial score (nSPS) is 12.5. The quantitative estimate of drug-likeness (QED) is 0.356. The van der Waals surface area contributed by atoms with Crippen LogP contribution in [0.15, 0.2) is 83.7 Å². The number of fused-ring (bicyclic) bond motifs is 5. The van der Waals surface area contributed by atoms with Gasteiger partial charge in [-0.15, -0.1) is 0 Å². The van der Waals surface area contributed by atoms with Gasteiger partial charge in [0, 0.05) is 33.0 Å². The Kier molecular flexibility index (Phi) is 4.50. The second-order valence-corrected chi connectivity index (χ2v) is 8.62. The summed E-state index contributed by atoms with van der Waals surface area (Å²) in [7, 11) is 0. The predicted molar refractivity (Wildman–Crippen MR) is 135 cm³/mol. The van der Waals surface area contributed by atoms with Crippen molar-refractivity contribution in [1.29, 1.82) is 0 Å². The Morgan fingerprint density at radius 3 is 2.17 bits per heavy atom. The van der Waals surface area contributed by atoms with Crippen LogP contribution >= 0.6 is 0 Å². The van der Waals surface area contributed by atoms with Gasteiger partial charge in [-0.3, -0.25) is 19.2 Å². The van der Waals surface area contributed by atoms with Gasteiger partial charge in [0.15, 0.2) is 17.0 Å². The fourth-order valence-corrected chi connectivity index (χ4v) is 4.75. The fraction of sp³-hybridized carbons (Fsp3) is 0.0345. The topological polar surface area (TPSA) is 96.1 Å². The van der Waals surface area contributed by atoms with Crippen molar-refractivity contribution in [2.45, 2.75) is 6.92 Å². The van der Waals surface area contributed by atoms with Gasteiger partial charge in [-0.25, -0.2) is 0 Å². The van der Waals surface area contributed by atoms with E-state index < -0.39 is 5.91 Å². The van der Waals surface area contributed by atoms with Gasteiger partial charge in [0.2, 0.25) is 0 Å². The predicted octanol–water partition coefficient (Wildman–Crippen LogP) is 5.02. The molecule has 0 radical (unpaired) electrons. The van der Waals surface area contributed by atoms with E-state index in [1.54, 1.807) is 66.7 Å². The Morgan fingerprint density at radius 2 is 1.43 bits per heavy atom. The lowest BCUT2D eigenvalue weighted by atomic mass is 9.81. The summed E-state index contributed by atoms with van der Waals surface area (Å²) < 4.78 is 0. The number of hydrogen-bond acceptors (Lipinski definition) is 4. The number of para-hydroxylation sites is 1. The van der Waals surface area contributed by atoms with Crippen molar-refractivity contribution in [2.75, 3.05) is 5.32 Å². The first kappa shape index (κ1) is 20.7. The van der Waals surface area contributed by atoms with Crippen molar-refractivity contribution in [1.82, 2.24) is 4.98 Å². The molecule has 6 rings (SSSR count). The molecule has 0 aliphatic heterocycles. The van der Waals surface area contributed by atoms with E-state index in [9.17, 15) is 19.2 Å². The summed E-state index contributed by atoms with van der Waals surface area (Å²) in [5.74, 6) is -1.20. The monoisotopic (exact) mass is 458 g/mol. The number of aromatic amines is 1. The maximum absolute atomic E-state index is 13.7. The molecule has 6 nitrogen and oxygen atoms in total. The van der Waals surface area contributed by atoms with E-state index in [4.69, 9.17) is 0 Å². The number of carbonyl (C=O) groups excluding carboxylic acids is 3. The number of aromatic nitrogens is 1. The number of amides is 1. The highest BCUT2D eigenvalue weighted by atomic mass is 16.2. The highest BCUT2D eigenvalue weighted by Gasteiger charge is 2.35. The van der Waals surface area contributed by atoms with Crippen LogP contribution in [0.3, 0.4) is 0 Å². The first-order valence-corrected chi connectivity index (χ1v) is 11.1. The average Bonchev–Trinajstić information content (AvgIpc) is 2.87. The minimum absolute atomic E-state index is 0.0770. The van der Waals surface area contributed by atoms with E-state index in [0.717, 1.165) is 5.56 Å². The maximum Gasteiger partial charge on any atom is 0.255 e. The van der Waals surface area contributed by atoms with Crippen molar-refractivity contribution in [2.24, 2.45) is 0 Å². The molecular weight excluding hydrogens is 440 g/mol. The minimum atomic E-state index is -0.438. The molecule has 0 unspecified atom stereocenters. The van der Waals surface area contributed by atoms with Crippen molar-refractivity contribution in [3.05, 3.63) is 122 Å². The van der Waals surface area contributed by atoms with Gasteiger partial charge in [-0.2, -0.15) is 0 Å². The summed E-state index contributed by atoms with van der Waals surface area (Å²) in [6.07, 6.45) is 0. The molecule has 1 heterocycles. The van der Waals surface area contributed by atoms with Crippen molar-refractivity contribution < 1.29 is 14.4 Å². The van der Waals surface area contributed by atoms with E-state index in [2.05, 4.69) is 10.3 Å². The average molecular weight is 458 g/mol. The maximum atomic E-state index is 13.7. The second kappa shape index (κ2) is 7.60. The van der Waals surface area contributed by atoms with Crippen LogP contribution in [0.25, 0.3) is 21.8 Å². The number of H-pyrrole nitrogens is 1. The molecule has 0 saturated carbocycles. The molecule has 0 saturated heterocycles. The Labute approximate surface area is 199 Å². The number of hydrogen-bond donors (Lipinski definition) is 2. The van der Waals surface area contributed by atoms with E-state index in [1.807, 2.05) is 13.0 Å². The summed E-state index contributed by atoms with van der Waals surface area (Å²) in [5.41, 5.74) is 2.69.